The Balaban J connectivity index is 1.90. The molecule has 1 aliphatic rings. The molecule has 0 saturated carbocycles. The zero-order valence-corrected chi connectivity index (χ0v) is 12.8. The first-order valence-corrected chi connectivity index (χ1v) is 7.89. The second-order valence-electron chi connectivity index (χ2n) is 4.59. The van der Waals surface area contributed by atoms with Crippen LogP contribution in [0.15, 0.2) is 34.1 Å². The Morgan fingerprint density at radius 1 is 1.47 bits per heavy atom. The highest BCUT2D eigenvalue weighted by molar-refractivity contribution is 9.10. The second kappa shape index (κ2) is 5.63. The number of ether oxygens (including phenoxy) is 1. The summed E-state index contributed by atoms with van der Waals surface area (Å²) < 4.78 is 6.87. The van der Waals surface area contributed by atoms with Crippen molar-refractivity contribution in [3.05, 3.63) is 50.1 Å². The van der Waals surface area contributed by atoms with E-state index in [2.05, 4.69) is 44.9 Å². The lowest BCUT2D eigenvalue weighted by molar-refractivity contribution is 0.351. The van der Waals surface area contributed by atoms with E-state index in [0.29, 0.717) is 0 Å². The monoisotopic (exact) mass is 338 g/mol. The first-order valence-electron chi connectivity index (χ1n) is 6.21. The molecule has 19 heavy (non-hydrogen) atoms. The lowest BCUT2D eigenvalue weighted by atomic mass is 10.0. The average Bonchev–Trinajstić information content (AvgIpc) is 3.05. The van der Waals surface area contributed by atoms with Gasteiger partial charge in [0.15, 0.2) is 0 Å². The van der Waals surface area contributed by atoms with Gasteiger partial charge in [-0.1, -0.05) is 22.0 Å². The topological polar surface area (TPSA) is 47.3 Å². The standard InChI is InChI=1S/C14H15BrN2OS/c15-11-6-9-3-4-18-14(9)10(7-11)8-12(17-16)13-2-1-5-19-13/h1-2,5-7,12,17H,3-4,8,16H2. The molecule has 0 spiro atoms. The normalized spacial score (nSPS) is 15.1. The van der Waals surface area contributed by atoms with Crippen molar-refractivity contribution < 1.29 is 4.74 Å². The summed E-state index contributed by atoms with van der Waals surface area (Å²) >= 11 is 5.29. The molecule has 3 N–H and O–H groups in total. The zero-order chi connectivity index (χ0) is 13.2. The predicted molar refractivity (Wildman–Crippen MR) is 81.4 cm³/mol. The fourth-order valence-electron chi connectivity index (χ4n) is 2.45. The van der Waals surface area contributed by atoms with Gasteiger partial charge in [0.2, 0.25) is 0 Å². The molecule has 0 amide bonds. The molecule has 0 fully saturated rings. The lowest BCUT2D eigenvalue weighted by Gasteiger charge is -2.16. The number of hydrogen-bond donors (Lipinski definition) is 2. The van der Waals surface area contributed by atoms with E-state index in [4.69, 9.17) is 10.6 Å². The van der Waals surface area contributed by atoms with Gasteiger partial charge in [0.25, 0.3) is 0 Å². The van der Waals surface area contributed by atoms with E-state index < -0.39 is 0 Å². The lowest BCUT2D eigenvalue weighted by Crippen LogP contribution is -2.29. The van der Waals surface area contributed by atoms with Crippen LogP contribution in [0.3, 0.4) is 0 Å². The number of nitrogens with one attached hydrogen (secondary N) is 1. The van der Waals surface area contributed by atoms with E-state index in [0.717, 1.165) is 29.7 Å². The van der Waals surface area contributed by atoms with Crippen molar-refractivity contribution in [2.45, 2.75) is 18.9 Å². The Labute approximate surface area is 124 Å². The van der Waals surface area contributed by atoms with Crippen LogP contribution >= 0.6 is 27.3 Å². The maximum absolute atomic E-state index is 5.76. The van der Waals surface area contributed by atoms with E-state index in [9.17, 15) is 0 Å². The SMILES string of the molecule is NNC(Cc1cc(Br)cc2c1OCC2)c1cccs1. The minimum Gasteiger partial charge on any atom is -0.493 e. The minimum absolute atomic E-state index is 0.127. The molecule has 0 aliphatic carbocycles. The third-order valence-corrected chi connectivity index (χ3v) is 4.78. The summed E-state index contributed by atoms with van der Waals surface area (Å²) in [6.07, 6.45) is 1.82. The Hall–Kier alpha value is -0.880. The number of benzene rings is 1. The van der Waals surface area contributed by atoms with Gasteiger partial charge in [0, 0.05) is 15.8 Å². The number of halogens is 1. The third-order valence-electron chi connectivity index (χ3n) is 3.34. The fraction of sp³-hybridized carbons (Fsp3) is 0.286. The largest absolute Gasteiger partial charge is 0.493 e. The summed E-state index contributed by atoms with van der Waals surface area (Å²) in [5.41, 5.74) is 5.39. The van der Waals surface area contributed by atoms with Gasteiger partial charge in [0.05, 0.1) is 12.6 Å². The maximum atomic E-state index is 5.76. The van der Waals surface area contributed by atoms with Crippen LogP contribution in [0.5, 0.6) is 5.75 Å². The summed E-state index contributed by atoms with van der Waals surface area (Å²) in [6, 6.07) is 8.55. The Bertz CT molecular complexity index is 571. The van der Waals surface area contributed by atoms with Crippen molar-refractivity contribution in [2.24, 2.45) is 5.84 Å². The van der Waals surface area contributed by atoms with Gasteiger partial charge in [-0.25, -0.2) is 0 Å². The molecule has 0 saturated heterocycles. The number of hydrogen-bond acceptors (Lipinski definition) is 4. The quantitative estimate of drug-likeness (QED) is 0.664. The Morgan fingerprint density at radius 2 is 2.37 bits per heavy atom. The van der Waals surface area contributed by atoms with E-state index in [1.54, 1.807) is 11.3 Å². The minimum atomic E-state index is 0.127. The molecule has 1 aromatic heterocycles. The third kappa shape index (κ3) is 2.69. The van der Waals surface area contributed by atoms with Crippen LogP contribution < -0.4 is 16.0 Å². The zero-order valence-electron chi connectivity index (χ0n) is 10.4. The Morgan fingerprint density at radius 3 is 3.11 bits per heavy atom. The molecule has 100 valence electrons. The van der Waals surface area contributed by atoms with Gasteiger partial charge in [-0.3, -0.25) is 11.3 Å². The van der Waals surface area contributed by atoms with Crippen LogP contribution in [0.4, 0.5) is 0 Å². The highest BCUT2D eigenvalue weighted by Gasteiger charge is 2.20. The summed E-state index contributed by atoms with van der Waals surface area (Å²) in [6.45, 7) is 0.776. The molecule has 3 rings (SSSR count). The molecule has 1 atom stereocenters. The highest BCUT2D eigenvalue weighted by atomic mass is 79.9. The van der Waals surface area contributed by atoms with Crippen molar-refractivity contribution in [2.75, 3.05) is 6.61 Å². The summed E-state index contributed by atoms with van der Waals surface area (Å²) in [7, 11) is 0. The van der Waals surface area contributed by atoms with Crippen LogP contribution in [0.1, 0.15) is 22.0 Å². The van der Waals surface area contributed by atoms with Crippen LogP contribution in [-0.2, 0) is 12.8 Å². The van der Waals surface area contributed by atoms with Crippen molar-refractivity contribution in [1.29, 1.82) is 0 Å². The number of thiophene rings is 1. The predicted octanol–water partition coefficient (Wildman–Crippen LogP) is 3.19. The molecular formula is C14H15BrN2OS. The molecule has 1 unspecified atom stereocenters. The van der Waals surface area contributed by atoms with E-state index in [-0.39, 0.29) is 6.04 Å². The summed E-state index contributed by atoms with van der Waals surface area (Å²) in [4.78, 5) is 1.24. The number of rotatable bonds is 4. The van der Waals surface area contributed by atoms with Crippen molar-refractivity contribution in [3.63, 3.8) is 0 Å². The van der Waals surface area contributed by atoms with E-state index >= 15 is 0 Å². The van der Waals surface area contributed by atoms with Crippen LogP contribution in [0.2, 0.25) is 0 Å². The van der Waals surface area contributed by atoms with E-state index in [1.807, 2.05) is 6.07 Å². The molecule has 5 heteroatoms. The van der Waals surface area contributed by atoms with Crippen LogP contribution in [0, 0.1) is 0 Å². The van der Waals surface area contributed by atoms with Crippen LogP contribution in [0.25, 0.3) is 0 Å². The van der Waals surface area contributed by atoms with Gasteiger partial charge < -0.3 is 4.74 Å². The number of nitrogens with two attached hydrogens (primary N) is 1. The maximum Gasteiger partial charge on any atom is 0.125 e. The Kier molecular flexibility index (Phi) is 3.88. The van der Waals surface area contributed by atoms with Gasteiger partial charge in [-0.15, -0.1) is 11.3 Å². The smallest absolute Gasteiger partial charge is 0.125 e. The second-order valence-corrected chi connectivity index (χ2v) is 6.49. The fourth-order valence-corrected chi connectivity index (χ4v) is 3.79. The van der Waals surface area contributed by atoms with Gasteiger partial charge in [-0.05, 0) is 41.1 Å². The molecule has 2 aromatic rings. The first kappa shape index (κ1) is 13.1. The van der Waals surface area contributed by atoms with Crippen molar-refractivity contribution >= 4 is 27.3 Å². The molecule has 2 heterocycles. The van der Waals surface area contributed by atoms with Gasteiger partial charge >= 0.3 is 0 Å². The van der Waals surface area contributed by atoms with Crippen molar-refractivity contribution in [1.82, 2.24) is 5.43 Å². The van der Waals surface area contributed by atoms with E-state index in [1.165, 1.54) is 16.0 Å². The molecule has 3 nitrogen and oxygen atoms in total. The molecule has 1 aromatic carbocycles. The number of fused-ring (bicyclic) bond motifs is 1. The summed E-state index contributed by atoms with van der Waals surface area (Å²) in [5, 5.41) is 2.07. The molecule has 1 aliphatic heterocycles. The van der Waals surface area contributed by atoms with Gasteiger partial charge in [0.1, 0.15) is 5.75 Å². The summed E-state index contributed by atoms with van der Waals surface area (Å²) in [5.74, 6) is 6.74. The number of hydrazine groups is 1. The molecule has 0 radical (unpaired) electrons. The highest BCUT2D eigenvalue weighted by Crippen LogP contribution is 2.35. The van der Waals surface area contributed by atoms with Crippen molar-refractivity contribution in [3.8, 4) is 5.75 Å². The average molecular weight is 339 g/mol. The first-order chi connectivity index (χ1) is 9.28. The molecule has 0 bridgehead atoms. The molecular weight excluding hydrogens is 324 g/mol. The van der Waals surface area contributed by atoms with Gasteiger partial charge in [-0.2, -0.15) is 0 Å². The van der Waals surface area contributed by atoms with Crippen LogP contribution in [-0.4, -0.2) is 6.61 Å².